The van der Waals surface area contributed by atoms with Crippen molar-refractivity contribution in [2.45, 2.75) is 46.6 Å². The topological polar surface area (TPSA) is 29.3 Å². The number of hydrogen-bond donors (Lipinski definition) is 1. The molecule has 0 aliphatic heterocycles. The Labute approximate surface area is 83.5 Å². The van der Waals surface area contributed by atoms with Crippen LogP contribution in [0.1, 0.15) is 40.5 Å². The Balaban J connectivity index is 3.59. The Morgan fingerprint density at radius 2 is 1.85 bits per heavy atom. The van der Waals surface area contributed by atoms with Gasteiger partial charge in [-0.05, 0) is 31.8 Å². The molecule has 0 heterocycles. The zero-order valence-corrected chi connectivity index (χ0v) is 9.71. The molecule has 0 aromatic rings. The van der Waals surface area contributed by atoms with Gasteiger partial charge < -0.3 is 10.6 Å². The largest absolute Gasteiger partial charge is 0.328 e. The van der Waals surface area contributed by atoms with Crippen LogP contribution in [0, 0.1) is 5.92 Å². The molecule has 0 aromatic heterocycles. The van der Waals surface area contributed by atoms with E-state index in [1.807, 2.05) is 0 Å². The fourth-order valence-corrected chi connectivity index (χ4v) is 1.45. The normalized spacial score (nSPS) is 14.1. The van der Waals surface area contributed by atoms with E-state index in [4.69, 9.17) is 5.73 Å². The van der Waals surface area contributed by atoms with Gasteiger partial charge in [0.05, 0.1) is 0 Å². The number of hydrogen-bond acceptors (Lipinski definition) is 2. The fraction of sp³-hybridized carbons (Fsp3) is 1.00. The van der Waals surface area contributed by atoms with Crippen LogP contribution in [0.15, 0.2) is 0 Å². The van der Waals surface area contributed by atoms with Gasteiger partial charge in [0, 0.05) is 12.6 Å². The highest BCUT2D eigenvalue weighted by Crippen LogP contribution is 2.01. The minimum absolute atomic E-state index is 0.390. The van der Waals surface area contributed by atoms with Crippen LogP contribution in [-0.2, 0) is 0 Å². The lowest BCUT2D eigenvalue weighted by molar-refractivity contribution is 0.246. The Morgan fingerprint density at radius 1 is 1.23 bits per heavy atom. The highest BCUT2D eigenvalue weighted by molar-refractivity contribution is 4.64. The first-order chi connectivity index (χ1) is 6.10. The summed E-state index contributed by atoms with van der Waals surface area (Å²) in [6, 6.07) is 0.390. The van der Waals surface area contributed by atoms with Gasteiger partial charge in [0.2, 0.25) is 0 Å². The minimum atomic E-state index is 0.390. The molecule has 0 fully saturated rings. The highest BCUT2D eigenvalue weighted by Gasteiger charge is 2.06. The third-order valence-corrected chi connectivity index (χ3v) is 2.41. The first-order valence-electron chi connectivity index (χ1n) is 5.58. The van der Waals surface area contributed by atoms with E-state index in [0.717, 1.165) is 31.8 Å². The van der Waals surface area contributed by atoms with Crippen molar-refractivity contribution in [3.63, 3.8) is 0 Å². The molecule has 0 spiro atoms. The van der Waals surface area contributed by atoms with Crippen molar-refractivity contribution in [1.82, 2.24) is 4.90 Å². The lowest BCUT2D eigenvalue weighted by atomic mass is 10.1. The third kappa shape index (κ3) is 7.03. The van der Waals surface area contributed by atoms with Crippen molar-refractivity contribution in [3.8, 4) is 0 Å². The molecule has 0 bridgehead atoms. The van der Waals surface area contributed by atoms with Crippen LogP contribution in [-0.4, -0.2) is 30.6 Å². The first-order valence-corrected chi connectivity index (χ1v) is 5.58. The maximum atomic E-state index is 5.88. The van der Waals surface area contributed by atoms with Crippen LogP contribution < -0.4 is 5.73 Å². The maximum absolute atomic E-state index is 5.88. The quantitative estimate of drug-likeness (QED) is 0.659. The van der Waals surface area contributed by atoms with Crippen LogP contribution in [0.25, 0.3) is 0 Å². The van der Waals surface area contributed by atoms with E-state index in [2.05, 4.69) is 32.6 Å². The van der Waals surface area contributed by atoms with Crippen molar-refractivity contribution in [2.24, 2.45) is 11.7 Å². The summed E-state index contributed by atoms with van der Waals surface area (Å²) in [7, 11) is 0. The summed E-state index contributed by atoms with van der Waals surface area (Å²) in [5.74, 6) is 0.762. The summed E-state index contributed by atoms with van der Waals surface area (Å²) in [6.45, 7) is 12.4. The van der Waals surface area contributed by atoms with Crippen molar-refractivity contribution < 1.29 is 0 Å². The van der Waals surface area contributed by atoms with Crippen molar-refractivity contribution in [3.05, 3.63) is 0 Å². The molecule has 0 aliphatic rings. The van der Waals surface area contributed by atoms with E-state index in [1.165, 1.54) is 6.54 Å². The zero-order valence-electron chi connectivity index (χ0n) is 9.71. The van der Waals surface area contributed by atoms with E-state index in [-0.39, 0.29) is 0 Å². The molecule has 0 radical (unpaired) electrons. The summed E-state index contributed by atoms with van der Waals surface area (Å²) in [6.07, 6.45) is 2.23. The SMILES string of the molecule is CCC(N)CCN(CC)CC(C)C. The second-order valence-corrected chi connectivity index (χ2v) is 4.24. The Kier molecular flexibility index (Phi) is 7.29. The van der Waals surface area contributed by atoms with Gasteiger partial charge in [-0.1, -0.05) is 27.7 Å². The molecular weight excluding hydrogens is 160 g/mol. The van der Waals surface area contributed by atoms with Gasteiger partial charge in [0.25, 0.3) is 0 Å². The van der Waals surface area contributed by atoms with Gasteiger partial charge in [-0.2, -0.15) is 0 Å². The first kappa shape index (κ1) is 12.9. The van der Waals surface area contributed by atoms with Crippen LogP contribution in [0.3, 0.4) is 0 Å². The Hall–Kier alpha value is -0.0800. The predicted molar refractivity (Wildman–Crippen MR) is 59.8 cm³/mol. The summed E-state index contributed by atoms with van der Waals surface area (Å²) < 4.78 is 0. The summed E-state index contributed by atoms with van der Waals surface area (Å²) >= 11 is 0. The second kappa shape index (κ2) is 7.34. The number of nitrogens with two attached hydrogens (primary N) is 1. The molecule has 0 saturated carbocycles. The van der Waals surface area contributed by atoms with Crippen LogP contribution in [0.5, 0.6) is 0 Å². The van der Waals surface area contributed by atoms with Gasteiger partial charge in [0.15, 0.2) is 0 Å². The monoisotopic (exact) mass is 186 g/mol. The molecule has 0 rings (SSSR count). The van der Waals surface area contributed by atoms with Crippen LogP contribution in [0.4, 0.5) is 0 Å². The van der Waals surface area contributed by atoms with E-state index in [9.17, 15) is 0 Å². The second-order valence-electron chi connectivity index (χ2n) is 4.24. The maximum Gasteiger partial charge on any atom is 0.00483 e. The summed E-state index contributed by atoms with van der Waals surface area (Å²) in [5.41, 5.74) is 5.88. The average molecular weight is 186 g/mol. The molecule has 2 N–H and O–H groups in total. The summed E-state index contributed by atoms with van der Waals surface area (Å²) in [5, 5.41) is 0. The van der Waals surface area contributed by atoms with E-state index in [0.29, 0.717) is 6.04 Å². The average Bonchev–Trinajstić information content (AvgIpc) is 2.10. The molecule has 1 unspecified atom stereocenters. The highest BCUT2D eigenvalue weighted by atomic mass is 15.1. The third-order valence-electron chi connectivity index (χ3n) is 2.41. The Bertz CT molecular complexity index is 113. The molecule has 2 nitrogen and oxygen atoms in total. The molecule has 13 heavy (non-hydrogen) atoms. The molecule has 80 valence electrons. The molecule has 1 atom stereocenters. The van der Waals surface area contributed by atoms with Crippen molar-refractivity contribution >= 4 is 0 Å². The van der Waals surface area contributed by atoms with Crippen molar-refractivity contribution in [2.75, 3.05) is 19.6 Å². The van der Waals surface area contributed by atoms with Crippen molar-refractivity contribution in [1.29, 1.82) is 0 Å². The van der Waals surface area contributed by atoms with Gasteiger partial charge in [-0.25, -0.2) is 0 Å². The molecule has 0 aromatic carbocycles. The standard InChI is InChI=1S/C11H26N2/c1-5-11(12)7-8-13(6-2)9-10(3)4/h10-11H,5-9,12H2,1-4H3. The van der Waals surface area contributed by atoms with Gasteiger partial charge in [-0.15, -0.1) is 0 Å². The van der Waals surface area contributed by atoms with Crippen LogP contribution >= 0.6 is 0 Å². The minimum Gasteiger partial charge on any atom is -0.328 e. The molecule has 0 amide bonds. The molecule has 0 aliphatic carbocycles. The van der Waals surface area contributed by atoms with Gasteiger partial charge >= 0.3 is 0 Å². The van der Waals surface area contributed by atoms with Gasteiger partial charge in [0.1, 0.15) is 0 Å². The van der Waals surface area contributed by atoms with E-state index >= 15 is 0 Å². The lowest BCUT2D eigenvalue weighted by Gasteiger charge is -2.23. The zero-order chi connectivity index (χ0) is 10.3. The predicted octanol–water partition coefficient (Wildman–Crippen LogP) is 2.09. The smallest absolute Gasteiger partial charge is 0.00483 e. The van der Waals surface area contributed by atoms with E-state index < -0.39 is 0 Å². The lowest BCUT2D eigenvalue weighted by Crippen LogP contribution is -2.32. The Morgan fingerprint density at radius 3 is 2.23 bits per heavy atom. The number of rotatable bonds is 7. The summed E-state index contributed by atoms with van der Waals surface area (Å²) in [4.78, 5) is 2.49. The molecule has 0 saturated heterocycles. The molecule has 2 heteroatoms. The fourth-order valence-electron chi connectivity index (χ4n) is 1.45. The van der Waals surface area contributed by atoms with Gasteiger partial charge in [-0.3, -0.25) is 0 Å². The molecular formula is C11H26N2. The van der Waals surface area contributed by atoms with Crippen LogP contribution in [0.2, 0.25) is 0 Å². The van der Waals surface area contributed by atoms with E-state index in [1.54, 1.807) is 0 Å². The number of nitrogens with zero attached hydrogens (tertiary/aromatic N) is 1.